The molecule has 64 heavy (non-hydrogen) atoms. The topological polar surface area (TPSA) is 142 Å². The zero-order valence-electron chi connectivity index (χ0n) is 36.7. The van der Waals surface area contributed by atoms with E-state index in [1.54, 1.807) is 39.5 Å². The van der Waals surface area contributed by atoms with Crippen LogP contribution < -0.4 is 30.9 Å². The van der Waals surface area contributed by atoms with Gasteiger partial charge in [-0.1, -0.05) is 18.5 Å². The van der Waals surface area contributed by atoms with Crippen LogP contribution in [0.2, 0.25) is 5.02 Å². The number of rotatable bonds is 12. The first kappa shape index (κ1) is 45.3. The SMILES string of the molecule is CCc1cc(Nc2ncc(Cl)c(Nc3ccc4nc(C)c(F)cc4c3P(C)(C)=O)n2)c(OC)cc1N1CCC2(CCN(CCc3cc(F)c([C@H]4CCC(=O)NC4=O)c(F)c3)CC2)CC1. The van der Waals surface area contributed by atoms with Crippen molar-refractivity contribution >= 4 is 75.6 Å². The first-order chi connectivity index (χ1) is 30.5. The number of aromatic nitrogens is 3. The Morgan fingerprint density at radius 1 is 0.938 bits per heavy atom. The van der Waals surface area contributed by atoms with Crippen molar-refractivity contribution in [3.05, 3.63) is 93.5 Å². The van der Waals surface area contributed by atoms with Crippen LogP contribution in [0.4, 0.5) is 42.0 Å². The summed E-state index contributed by atoms with van der Waals surface area (Å²) in [5.74, 6) is -2.89. The van der Waals surface area contributed by atoms with Crippen LogP contribution in [0, 0.1) is 29.8 Å². The number of carbonyl (C=O) groups excluding carboxylic acids is 2. The Hall–Kier alpha value is -5.24. The summed E-state index contributed by atoms with van der Waals surface area (Å²) < 4.78 is 64.5. The molecule has 0 bridgehead atoms. The van der Waals surface area contributed by atoms with Crippen LogP contribution >= 0.6 is 18.7 Å². The molecule has 5 heterocycles. The number of amides is 2. The van der Waals surface area contributed by atoms with Crippen LogP contribution in [0.25, 0.3) is 10.9 Å². The van der Waals surface area contributed by atoms with Crippen LogP contribution in [0.5, 0.6) is 5.75 Å². The van der Waals surface area contributed by atoms with E-state index in [0.717, 1.165) is 69.5 Å². The number of halogens is 4. The number of hydrogen-bond donors (Lipinski definition) is 3. The molecule has 2 aromatic heterocycles. The summed E-state index contributed by atoms with van der Waals surface area (Å²) in [5.41, 5.74) is 4.73. The van der Waals surface area contributed by atoms with Gasteiger partial charge in [-0.25, -0.2) is 18.2 Å². The Morgan fingerprint density at radius 3 is 2.30 bits per heavy atom. The van der Waals surface area contributed by atoms with Gasteiger partial charge in [-0.15, -0.1) is 0 Å². The molecule has 0 unspecified atom stereocenters. The van der Waals surface area contributed by atoms with Gasteiger partial charge in [0.05, 0.1) is 41.8 Å². The number of ether oxygens (including phenoxy) is 1. The van der Waals surface area contributed by atoms with Crippen molar-refractivity contribution in [2.45, 2.75) is 71.1 Å². The minimum absolute atomic E-state index is 0.0563. The van der Waals surface area contributed by atoms with Crippen molar-refractivity contribution in [1.29, 1.82) is 0 Å². The third-order valence-electron chi connectivity index (χ3n) is 13.2. The molecule has 3 aromatic carbocycles. The molecular weight excluding hydrogens is 864 g/mol. The molecule has 5 aromatic rings. The van der Waals surface area contributed by atoms with Gasteiger partial charge in [-0.05, 0) is 131 Å². The van der Waals surface area contributed by atoms with E-state index in [4.69, 9.17) is 16.3 Å². The van der Waals surface area contributed by atoms with Gasteiger partial charge in [-0.2, -0.15) is 4.98 Å². The molecule has 1 atom stereocenters. The summed E-state index contributed by atoms with van der Waals surface area (Å²) in [6.07, 6.45) is 7.10. The Kier molecular flexibility index (Phi) is 13.0. The maximum absolute atomic E-state index is 15.1. The van der Waals surface area contributed by atoms with E-state index in [9.17, 15) is 18.5 Å². The third kappa shape index (κ3) is 9.44. The molecule has 2 amide bonds. The van der Waals surface area contributed by atoms with Gasteiger partial charge >= 0.3 is 0 Å². The maximum Gasteiger partial charge on any atom is 0.234 e. The Labute approximate surface area is 376 Å². The summed E-state index contributed by atoms with van der Waals surface area (Å²) in [5, 5.41) is 9.88. The van der Waals surface area contributed by atoms with Gasteiger partial charge in [0.2, 0.25) is 17.8 Å². The molecule has 8 rings (SSSR count). The van der Waals surface area contributed by atoms with Crippen LogP contribution in [0.15, 0.2) is 48.7 Å². The van der Waals surface area contributed by atoms with E-state index < -0.39 is 42.3 Å². The fraction of sp³-hybridized carbons (Fsp3) is 0.426. The van der Waals surface area contributed by atoms with Crippen molar-refractivity contribution in [3.63, 3.8) is 0 Å². The monoisotopic (exact) mass is 916 g/mol. The lowest BCUT2D eigenvalue weighted by atomic mass is 9.71. The second-order valence-corrected chi connectivity index (χ2v) is 21.2. The Balaban J connectivity index is 0.901. The van der Waals surface area contributed by atoms with Crippen LogP contribution in [0.1, 0.15) is 73.8 Å². The predicted octanol–water partition coefficient (Wildman–Crippen LogP) is 9.16. The number of benzene rings is 3. The number of likely N-dealkylation sites (tertiary alicyclic amines) is 1. The number of nitrogens with one attached hydrogen (secondary N) is 3. The quantitative estimate of drug-likeness (QED) is 0.0815. The molecule has 3 saturated heterocycles. The summed E-state index contributed by atoms with van der Waals surface area (Å²) >= 11 is 6.60. The molecule has 0 radical (unpaired) electrons. The highest BCUT2D eigenvalue weighted by molar-refractivity contribution is 7.71. The lowest BCUT2D eigenvalue weighted by Crippen LogP contribution is -2.47. The second kappa shape index (κ2) is 18.3. The van der Waals surface area contributed by atoms with Gasteiger partial charge in [0.15, 0.2) is 5.82 Å². The van der Waals surface area contributed by atoms with Gasteiger partial charge in [0.1, 0.15) is 35.4 Å². The van der Waals surface area contributed by atoms with E-state index in [1.807, 2.05) is 0 Å². The molecule has 12 nitrogen and oxygen atoms in total. The molecule has 3 N–H and O–H groups in total. The smallest absolute Gasteiger partial charge is 0.234 e. The predicted molar refractivity (Wildman–Crippen MR) is 246 cm³/mol. The van der Waals surface area contributed by atoms with Gasteiger partial charge in [0.25, 0.3) is 0 Å². The molecule has 338 valence electrons. The Morgan fingerprint density at radius 2 is 1.64 bits per heavy atom. The van der Waals surface area contributed by atoms with E-state index in [0.29, 0.717) is 51.9 Å². The molecule has 3 fully saturated rings. The second-order valence-electron chi connectivity index (χ2n) is 17.7. The van der Waals surface area contributed by atoms with Crippen molar-refractivity contribution < 1.29 is 32.1 Å². The Bertz CT molecular complexity index is 2660. The highest BCUT2D eigenvalue weighted by atomic mass is 35.5. The van der Waals surface area contributed by atoms with Crippen molar-refractivity contribution in [2.75, 3.05) is 68.7 Å². The van der Waals surface area contributed by atoms with Gasteiger partial charge < -0.3 is 29.7 Å². The highest BCUT2D eigenvalue weighted by Crippen LogP contribution is 2.45. The van der Waals surface area contributed by atoms with Crippen molar-refractivity contribution in [3.8, 4) is 5.75 Å². The number of pyridine rings is 1. The average molecular weight is 917 g/mol. The van der Waals surface area contributed by atoms with E-state index in [2.05, 4.69) is 59.8 Å². The van der Waals surface area contributed by atoms with E-state index in [1.165, 1.54) is 24.4 Å². The number of anilines is 5. The number of hydrogen-bond acceptors (Lipinski definition) is 11. The fourth-order valence-corrected chi connectivity index (χ4v) is 11.2. The summed E-state index contributed by atoms with van der Waals surface area (Å²) in [6.45, 7) is 11.3. The number of imide groups is 1. The summed E-state index contributed by atoms with van der Waals surface area (Å²) in [4.78, 5) is 42.1. The van der Waals surface area contributed by atoms with Crippen LogP contribution in [-0.2, 0) is 27.0 Å². The van der Waals surface area contributed by atoms with Crippen molar-refractivity contribution in [2.24, 2.45) is 5.41 Å². The molecule has 0 saturated carbocycles. The molecule has 1 spiro atoms. The number of piperidine rings is 3. The van der Waals surface area contributed by atoms with E-state index >= 15 is 8.78 Å². The highest BCUT2D eigenvalue weighted by Gasteiger charge is 2.38. The van der Waals surface area contributed by atoms with Crippen molar-refractivity contribution in [1.82, 2.24) is 25.2 Å². The first-order valence-corrected chi connectivity index (χ1v) is 24.7. The number of nitrogens with zero attached hydrogens (tertiary/aromatic N) is 5. The maximum atomic E-state index is 15.1. The molecule has 17 heteroatoms. The molecular formula is C47H53ClF3N8O4P. The number of aryl methyl sites for hydroxylation is 2. The molecule has 3 aliphatic rings. The van der Waals surface area contributed by atoms with Crippen LogP contribution in [0.3, 0.4) is 0 Å². The minimum Gasteiger partial charge on any atom is -0.494 e. The number of fused-ring (bicyclic) bond motifs is 1. The lowest BCUT2D eigenvalue weighted by Gasteiger charge is -2.47. The zero-order valence-corrected chi connectivity index (χ0v) is 38.4. The van der Waals surface area contributed by atoms with Crippen LogP contribution in [-0.4, -0.2) is 84.8 Å². The summed E-state index contributed by atoms with van der Waals surface area (Å²) in [6, 6.07) is 11.7. The standard InChI is InChI=1S/C47H53ClF3N8O4P/c1-6-29-23-38(55-46-52-26-32(48)44(57-46)54-37-9-8-36-31(43(37)64(4,5)62)24-33(49)27(2)53-36)40(63-3)25-39(29)59-19-14-47(15-20-59)12-17-58(18-13-47)16-11-28-21-34(50)42(35(51)22-28)30-7-10-41(60)56-45(30)61/h8-9,21-26,30H,6-7,10-20H2,1-5H3,(H,56,60,61)(H2,52,54,55,57)/t30-/m1/s1. The van der Waals surface area contributed by atoms with Gasteiger partial charge in [0, 0.05) is 54.1 Å². The van der Waals surface area contributed by atoms with E-state index in [-0.39, 0.29) is 46.3 Å². The van der Waals surface area contributed by atoms with Gasteiger partial charge in [-0.3, -0.25) is 19.9 Å². The number of carbonyl (C=O) groups is 2. The normalized spacial score (nSPS) is 18.1. The summed E-state index contributed by atoms with van der Waals surface area (Å²) in [7, 11) is -1.33. The first-order valence-electron chi connectivity index (χ1n) is 21.8. The average Bonchev–Trinajstić information content (AvgIpc) is 3.25. The molecule has 3 aliphatic heterocycles. The minimum atomic E-state index is -2.95. The zero-order chi connectivity index (χ0) is 45.5. The third-order valence-corrected chi connectivity index (χ3v) is 15.0. The largest absolute Gasteiger partial charge is 0.494 e. The number of methoxy groups -OCH3 is 1. The lowest BCUT2D eigenvalue weighted by molar-refractivity contribution is -0.134. The molecule has 0 aliphatic carbocycles. The fourth-order valence-electron chi connectivity index (χ4n) is 9.55.